The molecule has 3 aromatic rings. The van der Waals surface area contributed by atoms with Gasteiger partial charge in [0.1, 0.15) is 11.8 Å². The smallest absolute Gasteiger partial charge is 0.261 e. The van der Waals surface area contributed by atoms with Gasteiger partial charge in [0, 0.05) is 24.7 Å². The Morgan fingerprint density at radius 2 is 1.59 bits per heavy atom. The molecule has 1 atom stereocenters. The number of rotatable bonds is 13. The summed E-state index contributed by atoms with van der Waals surface area (Å²) < 4.78 is 11.3. The van der Waals surface area contributed by atoms with E-state index < -0.39 is 6.04 Å². The molecule has 0 saturated carbocycles. The van der Waals surface area contributed by atoms with Crippen molar-refractivity contribution < 1.29 is 19.1 Å². The van der Waals surface area contributed by atoms with Crippen LogP contribution in [0.5, 0.6) is 5.75 Å². The number of hydrogen-bond acceptors (Lipinski definition) is 4. The van der Waals surface area contributed by atoms with Gasteiger partial charge < -0.3 is 19.7 Å². The van der Waals surface area contributed by atoms with Crippen LogP contribution < -0.4 is 10.1 Å². The Morgan fingerprint density at radius 3 is 2.27 bits per heavy atom. The summed E-state index contributed by atoms with van der Waals surface area (Å²) >= 11 is 12.3. The molecule has 3 aromatic carbocycles. The minimum Gasteiger partial charge on any atom is -0.482 e. The van der Waals surface area contributed by atoms with Crippen molar-refractivity contribution in [3.05, 3.63) is 100 Å². The van der Waals surface area contributed by atoms with E-state index in [2.05, 4.69) is 5.32 Å². The van der Waals surface area contributed by atoms with Crippen LogP contribution >= 0.6 is 23.2 Å². The maximum atomic E-state index is 13.6. The Labute approximate surface area is 228 Å². The first-order valence-electron chi connectivity index (χ1n) is 12.2. The van der Waals surface area contributed by atoms with Crippen LogP contribution in [0.15, 0.2) is 78.9 Å². The van der Waals surface area contributed by atoms with Crippen LogP contribution in [-0.2, 0) is 20.9 Å². The topological polar surface area (TPSA) is 67.9 Å². The molecule has 0 bridgehead atoms. The molecule has 0 aliphatic carbocycles. The van der Waals surface area contributed by atoms with E-state index in [1.165, 1.54) is 4.90 Å². The molecular weight excluding hydrogens is 511 g/mol. The minimum absolute atomic E-state index is 0.123. The molecule has 0 heterocycles. The number of hydrogen-bond donors (Lipinski definition) is 1. The summed E-state index contributed by atoms with van der Waals surface area (Å²) in [7, 11) is 0. The van der Waals surface area contributed by atoms with E-state index in [4.69, 9.17) is 32.7 Å². The molecule has 1 N–H and O–H groups in total. The van der Waals surface area contributed by atoms with E-state index in [0.29, 0.717) is 40.9 Å². The highest BCUT2D eigenvalue weighted by Gasteiger charge is 2.31. The Hall–Kier alpha value is -3.06. The van der Waals surface area contributed by atoms with Gasteiger partial charge in [-0.1, -0.05) is 77.8 Å². The number of carbonyl (C=O) groups is 2. The molecule has 3 rings (SSSR count). The van der Waals surface area contributed by atoms with Gasteiger partial charge in [0.25, 0.3) is 5.91 Å². The summed E-state index contributed by atoms with van der Waals surface area (Å²) in [5.41, 5.74) is 1.52. The first-order chi connectivity index (χ1) is 17.8. The zero-order valence-corrected chi connectivity index (χ0v) is 22.5. The summed E-state index contributed by atoms with van der Waals surface area (Å²) in [4.78, 5) is 28.7. The van der Waals surface area contributed by atoms with Gasteiger partial charge >= 0.3 is 0 Å². The molecule has 0 spiro atoms. The zero-order chi connectivity index (χ0) is 26.6. The van der Waals surface area contributed by atoms with E-state index in [-0.39, 0.29) is 31.1 Å². The van der Waals surface area contributed by atoms with E-state index in [9.17, 15) is 9.59 Å². The third-order valence-electron chi connectivity index (χ3n) is 5.52. The Balaban J connectivity index is 1.85. The monoisotopic (exact) mass is 542 g/mol. The molecule has 0 saturated heterocycles. The molecule has 0 radical (unpaired) electrons. The minimum atomic E-state index is -0.870. The number of carbonyl (C=O) groups excluding carboxylic acids is 2. The van der Waals surface area contributed by atoms with Crippen LogP contribution in [-0.4, -0.2) is 42.6 Å². The van der Waals surface area contributed by atoms with E-state index in [1.54, 1.807) is 36.4 Å². The van der Waals surface area contributed by atoms with Crippen molar-refractivity contribution in [1.82, 2.24) is 10.2 Å². The van der Waals surface area contributed by atoms with Crippen LogP contribution in [0.2, 0.25) is 10.0 Å². The molecule has 0 aliphatic rings. The number of nitrogens with one attached hydrogen (secondary N) is 1. The van der Waals surface area contributed by atoms with Crippen LogP contribution in [0, 0.1) is 0 Å². The van der Waals surface area contributed by atoms with Gasteiger partial charge in [0.05, 0.1) is 11.1 Å². The molecule has 0 fully saturated rings. The van der Waals surface area contributed by atoms with Crippen molar-refractivity contribution in [1.29, 1.82) is 0 Å². The quantitative estimate of drug-likeness (QED) is 0.266. The average molecular weight is 543 g/mol. The molecule has 0 aliphatic heterocycles. The highest BCUT2D eigenvalue weighted by molar-refractivity contribution is 6.32. The Kier molecular flexibility index (Phi) is 11.3. The lowest BCUT2D eigenvalue weighted by atomic mass is 10.0. The number of ether oxygens (including phenoxy) is 2. The molecule has 8 heteroatoms. The number of halogens is 2. The average Bonchev–Trinajstić information content (AvgIpc) is 2.89. The van der Waals surface area contributed by atoms with Crippen LogP contribution in [0.4, 0.5) is 0 Å². The molecule has 6 nitrogen and oxygen atoms in total. The molecular formula is C29H32Cl2N2O4. The lowest BCUT2D eigenvalue weighted by molar-refractivity contribution is -0.143. The second kappa shape index (κ2) is 14.6. The standard InChI is InChI=1S/C29H32Cl2N2O4/c1-21(2)36-18-8-17-32-29(35)28(23-9-4-3-5-10-23)33(19-22-13-15-24(30)16-14-22)27(34)20-37-26-12-7-6-11-25(26)31/h3-7,9-16,21,28H,8,17-20H2,1-2H3,(H,32,35)/t28-/m0/s1. The van der Waals surface area contributed by atoms with Crippen molar-refractivity contribution in [2.24, 2.45) is 0 Å². The van der Waals surface area contributed by atoms with Crippen LogP contribution in [0.3, 0.4) is 0 Å². The molecule has 0 unspecified atom stereocenters. The highest BCUT2D eigenvalue weighted by atomic mass is 35.5. The summed E-state index contributed by atoms with van der Waals surface area (Å²) in [5.74, 6) is -0.243. The molecule has 37 heavy (non-hydrogen) atoms. The van der Waals surface area contributed by atoms with E-state index in [1.807, 2.05) is 56.3 Å². The lowest BCUT2D eigenvalue weighted by Crippen LogP contribution is -2.45. The van der Waals surface area contributed by atoms with Gasteiger partial charge in [-0.15, -0.1) is 0 Å². The molecule has 0 aromatic heterocycles. The van der Waals surface area contributed by atoms with Crippen LogP contribution in [0.25, 0.3) is 0 Å². The zero-order valence-electron chi connectivity index (χ0n) is 21.0. The number of para-hydroxylation sites is 1. The van der Waals surface area contributed by atoms with Gasteiger partial charge in [-0.25, -0.2) is 0 Å². The maximum absolute atomic E-state index is 13.6. The fraction of sp³-hybridized carbons (Fsp3) is 0.310. The SMILES string of the molecule is CC(C)OCCCNC(=O)[C@H](c1ccccc1)N(Cc1ccc(Cl)cc1)C(=O)COc1ccccc1Cl. The van der Waals surface area contributed by atoms with Gasteiger partial charge in [-0.3, -0.25) is 9.59 Å². The number of benzene rings is 3. The van der Waals surface area contributed by atoms with Gasteiger partial charge in [0.15, 0.2) is 6.61 Å². The Morgan fingerprint density at radius 1 is 0.919 bits per heavy atom. The van der Waals surface area contributed by atoms with Gasteiger partial charge in [-0.2, -0.15) is 0 Å². The fourth-order valence-corrected chi connectivity index (χ4v) is 4.02. The summed E-state index contributed by atoms with van der Waals surface area (Å²) in [5, 5.41) is 3.96. The largest absolute Gasteiger partial charge is 0.482 e. The van der Waals surface area contributed by atoms with E-state index >= 15 is 0 Å². The third kappa shape index (κ3) is 9.08. The molecule has 2 amide bonds. The predicted octanol–water partition coefficient (Wildman–Crippen LogP) is 6.07. The summed E-state index contributed by atoms with van der Waals surface area (Å²) in [6.45, 7) is 4.80. The second-order valence-corrected chi connectivity index (χ2v) is 9.59. The number of amides is 2. The van der Waals surface area contributed by atoms with Crippen LogP contribution in [0.1, 0.15) is 37.4 Å². The van der Waals surface area contributed by atoms with Crippen molar-refractivity contribution in [2.75, 3.05) is 19.8 Å². The maximum Gasteiger partial charge on any atom is 0.261 e. The number of nitrogens with zero attached hydrogens (tertiary/aromatic N) is 1. The fourth-order valence-electron chi connectivity index (χ4n) is 3.70. The van der Waals surface area contributed by atoms with Gasteiger partial charge in [-0.05, 0) is 55.7 Å². The predicted molar refractivity (Wildman–Crippen MR) is 147 cm³/mol. The summed E-state index contributed by atoms with van der Waals surface area (Å²) in [6.07, 6.45) is 0.782. The second-order valence-electron chi connectivity index (χ2n) is 8.74. The van der Waals surface area contributed by atoms with Crippen molar-refractivity contribution in [2.45, 2.75) is 39.0 Å². The Bertz CT molecular complexity index is 1140. The van der Waals surface area contributed by atoms with Crippen molar-refractivity contribution >= 4 is 35.0 Å². The first-order valence-corrected chi connectivity index (χ1v) is 13.0. The summed E-state index contributed by atoms with van der Waals surface area (Å²) in [6, 6.07) is 22.5. The highest BCUT2D eigenvalue weighted by Crippen LogP contribution is 2.26. The normalized spacial score (nSPS) is 11.7. The lowest BCUT2D eigenvalue weighted by Gasteiger charge is -2.31. The molecule has 196 valence electrons. The van der Waals surface area contributed by atoms with Crippen molar-refractivity contribution in [3.8, 4) is 5.75 Å². The first kappa shape index (κ1) is 28.5. The van der Waals surface area contributed by atoms with Crippen molar-refractivity contribution in [3.63, 3.8) is 0 Å². The third-order valence-corrected chi connectivity index (χ3v) is 6.09. The van der Waals surface area contributed by atoms with E-state index in [0.717, 1.165) is 5.56 Å². The van der Waals surface area contributed by atoms with Gasteiger partial charge in [0.2, 0.25) is 5.91 Å².